The van der Waals surface area contributed by atoms with Crippen LogP contribution < -0.4 is 9.47 Å². The van der Waals surface area contributed by atoms with E-state index in [1.807, 2.05) is 0 Å². The first-order valence-electron chi connectivity index (χ1n) is 5.29. The number of rotatable bonds is 4. The molecule has 2 rings (SSSR count). The molecule has 0 aromatic heterocycles. The van der Waals surface area contributed by atoms with Gasteiger partial charge in [0.2, 0.25) is 0 Å². The highest BCUT2D eigenvalue weighted by molar-refractivity contribution is 5.97. The van der Waals surface area contributed by atoms with E-state index in [-0.39, 0.29) is 12.1 Å². The number of esters is 1. The first-order chi connectivity index (χ1) is 8.21. The Kier molecular flexibility index (Phi) is 3.04. The molecule has 0 saturated carbocycles. The maximum atomic E-state index is 11.8. The van der Waals surface area contributed by atoms with Crippen molar-refractivity contribution in [3.05, 3.63) is 35.9 Å². The standard InChI is InChI=1S/C13H14O4/c1-4-5-10-9-6-8(15-2)7-11(16-3)12(9)13(14)17-10/h4,6-7,10H,1,5H2,2-3H3. The average molecular weight is 234 g/mol. The topological polar surface area (TPSA) is 44.8 Å². The molecule has 0 aliphatic carbocycles. The monoisotopic (exact) mass is 234 g/mol. The lowest BCUT2D eigenvalue weighted by molar-refractivity contribution is 0.0390. The largest absolute Gasteiger partial charge is 0.497 e. The van der Waals surface area contributed by atoms with Gasteiger partial charge in [0.05, 0.1) is 14.2 Å². The molecular formula is C13H14O4. The lowest BCUT2D eigenvalue weighted by Gasteiger charge is -2.10. The third kappa shape index (κ3) is 1.86. The number of benzene rings is 1. The molecule has 4 nitrogen and oxygen atoms in total. The zero-order valence-electron chi connectivity index (χ0n) is 9.86. The summed E-state index contributed by atoms with van der Waals surface area (Å²) in [5, 5.41) is 0. The van der Waals surface area contributed by atoms with Gasteiger partial charge in [-0.15, -0.1) is 6.58 Å². The molecular weight excluding hydrogens is 220 g/mol. The molecule has 1 aliphatic heterocycles. The summed E-state index contributed by atoms with van der Waals surface area (Å²) in [6.45, 7) is 3.65. The lowest BCUT2D eigenvalue weighted by atomic mass is 10.0. The first-order valence-corrected chi connectivity index (χ1v) is 5.29. The summed E-state index contributed by atoms with van der Waals surface area (Å²) in [4.78, 5) is 11.8. The van der Waals surface area contributed by atoms with Gasteiger partial charge in [-0.2, -0.15) is 0 Å². The number of ether oxygens (including phenoxy) is 3. The lowest BCUT2D eigenvalue weighted by Crippen LogP contribution is -1.99. The van der Waals surface area contributed by atoms with Gasteiger partial charge in [-0.25, -0.2) is 4.79 Å². The molecule has 0 fully saturated rings. The fourth-order valence-corrected chi connectivity index (χ4v) is 1.94. The molecule has 0 spiro atoms. The zero-order valence-corrected chi connectivity index (χ0v) is 9.86. The van der Waals surface area contributed by atoms with Crippen LogP contribution in [0.3, 0.4) is 0 Å². The maximum absolute atomic E-state index is 11.8. The quantitative estimate of drug-likeness (QED) is 0.593. The van der Waals surface area contributed by atoms with E-state index in [2.05, 4.69) is 6.58 Å². The molecule has 4 heteroatoms. The van der Waals surface area contributed by atoms with Crippen molar-refractivity contribution in [3.8, 4) is 11.5 Å². The minimum atomic E-state index is -0.355. The van der Waals surface area contributed by atoms with Crippen molar-refractivity contribution < 1.29 is 19.0 Å². The molecule has 1 aliphatic rings. The number of hydrogen-bond donors (Lipinski definition) is 0. The van der Waals surface area contributed by atoms with Crippen LogP contribution in [0.5, 0.6) is 11.5 Å². The highest BCUT2D eigenvalue weighted by atomic mass is 16.6. The highest BCUT2D eigenvalue weighted by Crippen LogP contribution is 2.41. The van der Waals surface area contributed by atoms with Gasteiger partial charge in [-0.05, 0) is 6.07 Å². The number of carbonyl (C=O) groups is 1. The third-order valence-corrected chi connectivity index (χ3v) is 2.74. The molecule has 1 heterocycles. The van der Waals surface area contributed by atoms with Gasteiger partial charge in [-0.1, -0.05) is 6.08 Å². The van der Waals surface area contributed by atoms with Gasteiger partial charge in [0.1, 0.15) is 23.2 Å². The summed E-state index contributed by atoms with van der Waals surface area (Å²) >= 11 is 0. The van der Waals surface area contributed by atoms with Crippen LogP contribution in [0.25, 0.3) is 0 Å². The van der Waals surface area contributed by atoms with E-state index in [4.69, 9.17) is 14.2 Å². The highest BCUT2D eigenvalue weighted by Gasteiger charge is 2.34. The Labute approximate surface area is 99.8 Å². The van der Waals surface area contributed by atoms with Gasteiger partial charge in [-0.3, -0.25) is 0 Å². The fourth-order valence-electron chi connectivity index (χ4n) is 1.94. The van der Waals surface area contributed by atoms with Crippen molar-refractivity contribution in [1.82, 2.24) is 0 Å². The van der Waals surface area contributed by atoms with Crippen LogP contribution in [-0.4, -0.2) is 20.2 Å². The molecule has 0 saturated heterocycles. The van der Waals surface area contributed by atoms with Gasteiger partial charge in [0.15, 0.2) is 0 Å². The molecule has 90 valence electrons. The van der Waals surface area contributed by atoms with E-state index in [9.17, 15) is 4.79 Å². The minimum absolute atomic E-state index is 0.293. The molecule has 0 N–H and O–H groups in total. The summed E-state index contributed by atoms with van der Waals surface area (Å²) < 4.78 is 15.6. The average Bonchev–Trinajstić information content (AvgIpc) is 2.66. The Morgan fingerprint density at radius 2 is 2.18 bits per heavy atom. The summed E-state index contributed by atoms with van der Waals surface area (Å²) in [7, 11) is 3.09. The number of fused-ring (bicyclic) bond motifs is 1. The normalized spacial score (nSPS) is 17.3. The Morgan fingerprint density at radius 3 is 2.76 bits per heavy atom. The Hall–Kier alpha value is -1.97. The van der Waals surface area contributed by atoms with Crippen LogP contribution in [-0.2, 0) is 4.74 Å². The maximum Gasteiger partial charge on any atom is 0.342 e. The van der Waals surface area contributed by atoms with E-state index < -0.39 is 0 Å². The van der Waals surface area contributed by atoms with Crippen LogP contribution >= 0.6 is 0 Å². The molecule has 17 heavy (non-hydrogen) atoms. The van der Waals surface area contributed by atoms with E-state index in [1.54, 1.807) is 25.3 Å². The van der Waals surface area contributed by atoms with Gasteiger partial charge < -0.3 is 14.2 Å². The van der Waals surface area contributed by atoms with Crippen molar-refractivity contribution >= 4 is 5.97 Å². The molecule has 1 aromatic carbocycles. The summed E-state index contributed by atoms with van der Waals surface area (Å²) in [6.07, 6.45) is 2.01. The predicted octanol–water partition coefficient (Wildman–Crippen LogP) is 2.49. The summed E-state index contributed by atoms with van der Waals surface area (Å²) in [6, 6.07) is 3.48. The van der Waals surface area contributed by atoms with Crippen LogP contribution in [0.4, 0.5) is 0 Å². The molecule has 1 atom stereocenters. The first kappa shape index (κ1) is 11.5. The summed E-state index contributed by atoms with van der Waals surface area (Å²) in [5.41, 5.74) is 1.28. The van der Waals surface area contributed by atoms with Crippen molar-refractivity contribution in [2.75, 3.05) is 14.2 Å². The van der Waals surface area contributed by atoms with E-state index >= 15 is 0 Å². The van der Waals surface area contributed by atoms with Crippen LogP contribution in [0.2, 0.25) is 0 Å². The Bertz CT molecular complexity index is 465. The van der Waals surface area contributed by atoms with Crippen molar-refractivity contribution in [1.29, 1.82) is 0 Å². The second-order valence-electron chi connectivity index (χ2n) is 3.71. The van der Waals surface area contributed by atoms with Crippen LogP contribution in [0.15, 0.2) is 24.8 Å². The molecule has 0 bridgehead atoms. The van der Waals surface area contributed by atoms with Crippen LogP contribution in [0.1, 0.15) is 28.4 Å². The Morgan fingerprint density at radius 1 is 1.41 bits per heavy atom. The van der Waals surface area contributed by atoms with Crippen molar-refractivity contribution in [3.63, 3.8) is 0 Å². The second-order valence-corrected chi connectivity index (χ2v) is 3.71. The zero-order chi connectivity index (χ0) is 12.4. The molecule has 1 aromatic rings. The summed E-state index contributed by atoms with van der Waals surface area (Å²) in [5.74, 6) is 0.773. The van der Waals surface area contributed by atoms with Crippen molar-refractivity contribution in [2.45, 2.75) is 12.5 Å². The SMILES string of the molecule is C=CCC1OC(=O)c2c(OC)cc(OC)cc21. The van der Waals surface area contributed by atoms with E-state index in [1.165, 1.54) is 7.11 Å². The predicted molar refractivity (Wildman–Crippen MR) is 62.5 cm³/mol. The number of cyclic esters (lactones) is 1. The van der Waals surface area contributed by atoms with Gasteiger partial charge in [0, 0.05) is 18.1 Å². The van der Waals surface area contributed by atoms with Crippen LogP contribution in [0, 0.1) is 0 Å². The van der Waals surface area contributed by atoms with Gasteiger partial charge in [0.25, 0.3) is 0 Å². The molecule has 1 unspecified atom stereocenters. The number of methoxy groups -OCH3 is 2. The number of hydrogen-bond acceptors (Lipinski definition) is 4. The van der Waals surface area contributed by atoms with Crippen molar-refractivity contribution in [2.24, 2.45) is 0 Å². The molecule has 0 radical (unpaired) electrons. The second kappa shape index (κ2) is 4.49. The van der Waals surface area contributed by atoms with E-state index in [0.717, 1.165) is 5.56 Å². The Balaban J connectivity index is 2.54. The minimum Gasteiger partial charge on any atom is -0.497 e. The number of carbonyl (C=O) groups excluding carboxylic acids is 1. The molecule has 0 amide bonds. The fraction of sp³-hybridized carbons (Fsp3) is 0.308. The smallest absolute Gasteiger partial charge is 0.342 e. The third-order valence-electron chi connectivity index (χ3n) is 2.74. The van der Waals surface area contributed by atoms with Gasteiger partial charge >= 0.3 is 5.97 Å². The van der Waals surface area contributed by atoms with E-state index in [0.29, 0.717) is 23.5 Å².